The molecule has 2 atom stereocenters. The second kappa shape index (κ2) is 10.0. The maximum atomic E-state index is 13.9. The van der Waals surface area contributed by atoms with Crippen LogP contribution in [0.2, 0.25) is 0 Å². The number of halogens is 1. The third-order valence-corrected chi connectivity index (χ3v) is 9.83. The first-order chi connectivity index (χ1) is 15.8. The van der Waals surface area contributed by atoms with Crippen LogP contribution in [0.1, 0.15) is 49.7 Å². The van der Waals surface area contributed by atoms with Gasteiger partial charge in [-0.2, -0.15) is 0 Å². The van der Waals surface area contributed by atoms with Gasteiger partial charge in [-0.1, -0.05) is 29.8 Å². The Kier molecular flexibility index (Phi) is 7.51. The number of aliphatic hydroxyl groups is 1. The molecular weight excluding hydrogens is 460 g/mol. The predicted octanol–water partition coefficient (Wildman–Crippen LogP) is 5.12. The van der Waals surface area contributed by atoms with E-state index in [0.29, 0.717) is 56.6 Å². The van der Waals surface area contributed by atoms with Crippen LogP contribution in [0.15, 0.2) is 53.4 Å². The van der Waals surface area contributed by atoms with Gasteiger partial charge in [0.05, 0.1) is 36.7 Å². The molecule has 0 radical (unpaired) electrons. The molecule has 4 rings (SSSR count). The van der Waals surface area contributed by atoms with E-state index >= 15 is 0 Å². The molecule has 7 heteroatoms. The molecule has 2 unspecified atom stereocenters. The maximum absolute atomic E-state index is 13.9. The Hall–Kier alpha value is -1.44. The summed E-state index contributed by atoms with van der Waals surface area (Å²) in [7, 11) is 0.0525. The van der Waals surface area contributed by atoms with Crippen molar-refractivity contribution in [1.29, 1.82) is 0 Å². The largest absolute Gasteiger partial charge is 0.497 e. The SMILES string of the molecule is COc1ccc(CCCC(Cl)(S(=O)c2ccc(C)cc2)C2(O)CCC3(CC2)OCCO3)cc1. The summed E-state index contributed by atoms with van der Waals surface area (Å²) in [4.78, 5) is 0.641. The van der Waals surface area contributed by atoms with Gasteiger partial charge in [-0.05, 0) is 68.9 Å². The summed E-state index contributed by atoms with van der Waals surface area (Å²) in [5.41, 5.74) is 0.952. The molecule has 180 valence electrons. The van der Waals surface area contributed by atoms with Crippen LogP contribution in [0.5, 0.6) is 5.75 Å². The number of hydrogen-bond acceptors (Lipinski definition) is 5. The first-order valence-corrected chi connectivity index (χ1v) is 13.1. The van der Waals surface area contributed by atoms with Gasteiger partial charge in [0.25, 0.3) is 0 Å². The molecule has 2 aliphatic rings. The third kappa shape index (κ3) is 5.15. The number of benzene rings is 2. The monoisotopic (exact) mass is 492 g/mol. The molecule has 5 nitrogen and oxygen atoms in total. The maximum Gasteiger partial charge on any atom is 0.168 e. The van der Waals surface area contributed by atoms with Crippen molar-refractivity contribution in [3.8, 4) is 5.75 Å². The summed E-state index contributed by atoms with van der Waals surface area (Å²) in [5.74, 6) is 0.186. The molecule has 1 heterocycles. The lowest BCUT2D eigenvalue weighted by atomic mass is 9.77. The zero-order valence-corrected chi connectivity index (χ0v) is 20.9. The van der Waals surface area contributed by atoms with E-state index in [-0.39, 0.29) is 0 Å². The number of aryl methyl sites for hydroxylation is 2. The number of ether oxygens (including phenoxy) is 3. The molecule has 1 N–H and O–H groups in total. The minimum Gasteiger partial charge on any atom is -0.497 e. The van der Waals surface area contributed by atoms with Crippen molar-refractivity contribution in [2.24, 2.45) is 0 Å². The first-order valence-electron chi connectivity index (χ1n) is 11.6. The molecule has 1 spiro atoms. The van der Waals surface area contributed by atoms with Gasteiger partial charge in [-0.3, -0.25) is 4.21 Å². The summed E-state index contributed by atoms with van der Waals surface area (Å²) in [6, 6.07) is 15.5. The van der Waals surface area contributed by atoms with E-state index in [0.717, 1.165) is 23.3 Å². The lowest BCUT2D eigenvalue weighted by Crippen LogP contribution is -2.57. The molecule has 33 heavy (non-hydrogen) atoms. The molecule has 1 aliphatic heterocycles. The van der Waals surface area contributed by atoms with Gasteiger partial charge in [-0.25, -0.2) is 0 Å². The smallest absolute Gasteiger partial charge is 0.168 e. The van der Waals surface area contributed by atoms with Crippen LogP contribution < -0.4 is 4.74 Å². The summed E-state index contributed by atoms with van der Waals surface area (Å²) in [5, 5.41) is 11.8. The van der Waals surface area contributed by atoms with Crippen molar-refractivity contribution in [3.63, 3.8) is 0 Å². The molecule has 1 saturated heterocycles. The average molecular weight is 493 g/mol. The summed E-state index contributed by atoms with van der Waals surface area (Å²) in [6.45, 7) is 3.13. The van der Waals surface area contributed by atoms with Crippen LogP contribution in [0.3, 0.4) is 0 Å². The summed E-state index contributed by atoms with van der Waals surface area (Å²) < 4.78 is 29.5. The minimum absolute atomic E-state index is 0.386. The Morgan fingerprint density at radius 3 is 2.21 bits per heavy atom. The minimum atomic E-state index is -1.59. The standard InChI is InChI=1S/C26H33ClO5S/c1-20-5-11-23(12-6-20)33(29)26(27,13-3-4-21-7-9-22(30-2)10-8-21)24(28)14-16-25(17-15-24)31-18-19-32-25/h5-12,28H,3-4,13-19H2,1-2H3. The van der Waals surface area contributed by atoms with Gasteiger partial charge in [0, 0.05) is 17.7 Å². The molecule has 0 amide bonds. The van der Waals surface area contributed by atoms with Crippen LogP contribution in [-0.4, -0.2) is 45.2 Å². The van der Waals surface area contributed by atoms with E-state index in [4.69, 9.17) is 25.8 Å². The van der Waals surface area contributed by atoms with Crippen LogP contribution >= 0.6 is 11.6 Å². The van der Waals surface area contributed by atoms with Crippen molar-refractivity contribution in [2.45, 2.75) is 72.4 Å². The Morgan fingerprint density at radius 2 is 1.64 bits per heavy atom. The third-order valence-electron chi connectivity index (χ3n) is 7.00. The van der Waals surface area contributed by atoms with E-state index in [1.807, 2.05) is 55.5 Å². The van der Waals surface area contributed by atoms with Crippen molar-refractivity contribution in [1.82, 2.24) is 0 Å². The highest BCUT2D eigenvalue weighted by molar-refractivity contribution is 7.88. The molecule has 1 saturated carbocycles. The number of methoxy groups -OCH3 is 1. The molecule has 1 aliphatic carbocycles. The van der Waals surface area contributed by atoms with Crippen LogP contribution in [0.4, 0.5) is 0 Å². The van der Waals surface area contributed by atoms with Gasteiger partial charge < -0.3 is 19.3 Å². The highest BCUT2D eigenvalue weighted by Gasteiger charge is 2.58. The van der Waals surface area contributed by atoms with Crippen molar-refractivity contribution < 1.29 is 23.5 Å². The van der Waals surface area contributed by atoms with Crippen molar-refractivity contribution in [2.75, 3.05) is 20.3 Å². The summed E-state index contributed by atoms with van der Waals surface area (Å²) >= 11 is 7.24. The van der Waals surface area contributed by atoms with Crippen LogP contribution in [-0.2, 0) is 26.7 Å². The number of alkyl halides is 1. The Balaban J connectivity index is 1.54. The van der Waals surface area contributed by atoms with E-state index in [1.165, 1.54) is 0 Å². The normalized spacial score (nSPS) is 22.1. The fraction of sp³-hybridized carbons (Fsp3) is 0.538. The van der Waals surface area contributed by atoms with E-state index in [2.05, 4.69) is 0 Å². The Labute approximate surface area is 203 Å². The average Bonchev–Trinajstić information content (AvgIpc) is 3.30. The van der Waals surface area contributed by atoms with E-state index in [9.17, 15) is 9.32 Å². The second-order valence-electron chi connectivity index (χ2n) is 9.15. The lowest BCUT2D eigenvalue weighted by Gasteiger charge is -2.48. The van der Waals surface area contributed by atoms with Crippen LogP contribution in [0, 0.1) is 6.92 Å². The van der Waals surface area contributed by atoms with Gasteiger partial charge in [0.2, 0.25) is 0 Å². The zero-order chi connectivity index (χ0) is 23.5. The van der Waals surface area contributed by atoms with Crippen molar-refractivity contribution in [3.05, 3.63) is 59.7 Å². The van der Waals surface area contributed by atoms with Gasteiger partial charge in [-0.15, -0.1) is 11.6 Å². The second-order valence-corrected chi connectivity index (χ2v) is 11.7. The molecule has 2 aromatic carbocycles. The van der Waals surface area contributed by atoms with Gasteiger partial charge >= 0.3 is 0 Å². The van der Waals surface area contributed by atoms with Crippen molar-refractivity contribution >= 4 is 22.4 Å². The highest BCUT2D eigenvalue weighted by atomic mass is 35.5. The fourth-order valence-corrected chi connectivity index (χ4v) is 7.09. The zero-order valence-electron chi connectivity index (χ0n) is 19.3. The lowest BCUT2D eigenvalue weighted by molar-refractivity contribution is -0.204. The molecule has 0 bridgehead atoms. The Morgan fingerprint density at radius 1 is 1.03 bits per heavy atom. The predicted molar refractivity (Wildman–Crippen MR) is 130 cm³/mol. The van der Waals surface area contributed by atoms with E-state index < -0.39 is 26.4 Å². The van der Waals surface area contributed by atoms with Crippen LogP contribution in [0.25, 0.3) is 0 Å². The molecule has 2 fully saturated rings. The summed E-state index contributed by atoms with van der Waals surface area (Å²) in [6.07, 6.45) is 3.76. The fourth-order valence-electron chi connectivity index (χ4n) is 4.86. The topological polar surface area (TPSA) is 65.0 Å². The first kappa shape index (κ1) is 24.7. The molecule has 0 aromatic heterocycles. The highest BCUT2D eigenvalue weighted by Crippen LogP contribution is 2.51. The number of rotatable bonds is 8. The molecular formula is C26H33ClO5S. The number of hydrogen-bond donors (Lipinski definition) is 1. The van der Waals surface area contributed by atoms with Gasteiger partial charge in [0.15, 0.2) is 9.99 Å². The molecule has 2 aromatic rings. The quantitative estimate of drug-likeness (QED) is 0.518. The van der Waals surface area contributed by atoms with E-state index in [1.54, 1.807) is 7.11 Å². The Bertz CT molecular complexity index is 946. The van der Waals surface area contributed by atoms with Gasteiger partial charge in [0.1, 0.15) is 5.75 Å².